The molecule has 0 saturated heterocycles. The van der Waals surface area contributed by atoms with Gasteiger partial charge in [0.15, 0.2) is 0 Å². The highest BCUT2D eigenvalue weighted by Gasteiger charge is 2.14. The number of hydrogen-bond donors (Lipinski definition) is 2. The van der Waals surface area contributed by atoms with Crippen LogP contribution in [-0.4, -0.2) is 17.4 Å². The molecule has 0 aliphatic rings. The van der Waals surface area contributed by atoms with Gasteiger partial charge in [-0.05, 0) is 25.5 Å². The summed E-state index contributed by atoms with van der Waals surface area (Å²) in [6.45, 7) is 3.27. The summed E-state index contributed by atoms with van der Waals surface area (Å²) >= 11 is 0. The Morgan fingerprint density at radius 3 is 2.56 bits per heavy atom. The number of nitro benzene ring substituents is 1. The SMILES string of the molecule is Cc1cc(C)c([N+](=O)[O-])cc1NC(=O)CN. The predicted molar refractivity (Wildman–Crippen MR) is 60.3 cm³/mol. The van der Waals surface area contributed by atoms with Crippen LogP contribution in [-0.2, 0) is 4.79 Å². The third-order valence-electron chi connectivity index (χ3n) is 2.20. The molecule has 0 heterocycles. The maximum absolute atomic E-state index is 11.1. The molecule has 6 nitrogen and oxygen atoms in total. The second kappa shape index (κ2) is 4.71. The van der Waals surface area contributed by atoms with Gasteiger partial charge in [0, 0.05) is 11.6 Å². The number of benzene rings is 1. The Morgan fingerprint density at radius 2 is 2.06 bits per heavy atom. The molecule has 0 aromatic heterocycles. The second-order valence-corrected chi connectivity index (χ2v) is 3.46. The fraction of sp³-hybridized carbons (Fsp3) is 0.300. The lowest BCUT2D eigenvalue weighted by atomic mass is 10.1. The van der Waals surface area contributed by atoms with Crippen LogP contribution in [0.5, 0.6) is 0 Å². The van der Waals surface area contributed by atoms with Crippen molar-refractivity contribution in [2.24, 2.45) is 5.73 Å². The standard InChI is InChI=1S/C10H13N3O3/c1-6-3-7(2)9(13(15)16)4-8(6)12-10(14)5-11/h3-4H,5,11H2,1-2H3,(H,12,14). The number of amides is 1. The summed E-state index contributed by atoms with van der Waals surface area (Å²) in [5.41, 5.74) is 6.89. The van der Waals surface area contributed by atoms with Crippen molar-refractivity contribution in [3.05, 3.63) is 33.4 Å². The number of nitro groups is 1. The fourth-order valence-corrected chi connectivity index (χ4v) is 1.37. The van der Waals surface area contributed by atoms with Gasteiger partial charge in [-0.1, -0.05) is 0 Å². The summed E-state index contributed by atoms with van der Waals surface area (Å²) in [5.74, 6) is -0.374. The molecule has 16 heavy (non-hydrogen) atoms. The van der Waals surface area contributed by atoms with E-state index in [-0.39, 0.29) is 18.1 Å². The molecule has 0 aliphatic heterocycles. The third-order valence-corrected chi connectivity index (χ3v) is 2.20. The van der Waals surface area contributed by atoms with Crippen LogP contribution in [0.3, 0.4) is 0 Å². The lowest BCUT2D eigenvalue weighted by Crippen LogP contribution is -2.22. The van der Waals surface area contributed by atoms with E-state index < -0.39 is 4.92 Å². The molecule has 3 N–H and O–H groups in total. The van der Waals surface area contributed by atoms with Gasteiger partial charge in [-0.3, -0.25) is 14.9 Å². The van der Waals surface area contributed by atoms with Crippen LogP contribution in [0.1, 0.15) is 11.1 Å². The van der Waals surface area contributed by atoms with Crippen LogP contribution in [0.4, 0.5) is 11.4 Å². The zero-order chi connectivity index (χ0) is 12.3. The third kappa shape index (κ3) is 2.54. The van der Waals surface area contributed by atoms with E-state index in [4.69, 9.17) is 5.73 Å². The maximum Gasteiger partial charge on any atom is 0.274 e. The van der Waals surface area contributed by atoms with Gasteiger partial charge < -0.3 is 11.1 Å². The quantitative estimate of drug-likeness (QED) is 0.592. The minimum atomic E-state index is -0.479. The van der Waals surface area contributed by atoms with E-state index >= 15 is 0 Å². The molecule has 1 rings (SSSR count). The first-order valence-electron chi connectivity index (χ1n) is 4.71. The molecule has 0 aliphatic carbocycles. The molecule has 0 unspecified atom stereocenters. The second-order valence-electron chi connectivity index (χ2n) is 3.46. The number of nitrogens with two attached hydrogens (primary N) is 1. The highest BCUT2D eigenvalue weighted by Crippen LogP contribution is 2.26. The molecule has 0 saturated carbocycles. The normalized spacial score (nSPS) is 9.94. The van der Waals surface area contributed by atoms with Crippen molar-refractivity contribution in [3.8, 4) is 0 Å². The Kier molecular flexibility index (Phi) is 3.57. The van der Waals surface area contributed by atoms with E-state index in [1.165, 1.54) is 6.07 Å². The van der Waals surface area contributed by atoms with E-state index in [9.17, 15) is 14.9 Å². The molecule has 0 spiro atoms. The lowest BCUT2D eigenvalue weighted by molar-refractivity contribution is -0.385. The summed E-state index contributed by atoms with van der Waals surface area (Å²) in [4.78, 5) is 21.3. The molecule has 6 heteroatoms. The molecule has 0 radical (unpaired) electrons. The van der Waals surface area contributed by atoms with Crippen LogP contribution >= 0.6 is 0 Å². The van der Waals surface area contributed by atoms with Crippen molar-refractivity contribution in [2.45, 2.75) is 13.8 Å². The van der Waals surface area contributed by atoms with E-state index in [1.54, 1.807) is 19.9 Å². The van der Waals surface area contributed by atoms with Crippen molar-refractivity contribution in [2.75, 3.05) is 11.9 Å². The van der Waals surface area contributed by atoms with Gasteiger partial charge in [-0.25, -0.2) is 0 Å². The monoisotopic (exact) mass is 223 g/mol. The highest BCUT2D eigenvalue weighted by atomic mass is 16.6. The van der Waals surface area contributed by atoms with Crippen molar-refractivity contribution in [3.63, 3.8) is 0 Å². The molecule has 1 amide bonds. The Labute approximate surface area is 92.6 Å². The van der Waals surface area contributed by atoms with E-state index in [2.05, 4.69) is 5.32 Å². The number of rotatable bonds is 3. The first-order chi connectivity index (χ1) is 7.45. The predicted octanol–water partition coefficient (Wildman–Crippen LogP) is 1.11. The van der Waals surface area contributed by atoms with Gasteiger partial charge >= 0.3 is 0 Å². The average molecular weight is 223 g/mol. The van der Waals surface area contributed by atoms with Crippen molar-refractivity contribution in [1.29, 1.82) is 0 Å². The molecule has 86 valence electrons. The van der Waals surface area contributed by atoms with Crippen LogP contribution in [0.15, 0.2) is 12.1 Å². The zero-order valence-corrected chi connectivity index (χ0v) is 9.11. The van der Waals surface area contributed by atoms with Gasteiger partial charge in [0.05, 0.1) is 17.2 Å². The molecule has 0 atom stereocenters. The molecule has 1 aromatic carbocycles. The first-order valence-corrected chi connectivity index (χ1v) is 4.71. The average Bonchev–Trinajstić information content (AvgIpc) is 2.21. The van der Waals surface area contributed by atoms with Gasteiger partial charge in [0.25, 0.3) is 5.69 Å². The number of nitrogens with one attached hydrogen (secondary N) is 1. The molecule has 1 aromatic rings. The molecular formula is C10H13N3O3. The van der Waals surface area contributed by atoms with Gasteiger partial charge in [0.1, 0.15) is 0 Å². The number of anilines is 1. The Balaban J connectivity index is 3.14. The van der Waals surface area contributed by atoms with E-state index in [1.807, 2.05) is 0 Å². The van der Waals surface area contributed by atoms with Crippen LogP contribution in [0.25, 0.3) is 0 Å². The molecular weight excluding hydrogens is 210 g/mol. The van der Waals surface area contributed by atoms with Crippen LogP contribution in [0.2, 0.25) is 0 Å². The zero-order valence-electron chi connectivity index (χ0n) is 9.11. The van der Waals surface area contributed by atoms with Crippen molar-refractivity contribution >= 4 is 17.3 Å². The topological polar surface area (TPSA) is 98.3 Å². The maximum atomic E-state index is 11.1. The molecule has 0 bridgehead atoms. The van der Waals surface area contributed by atoms with Crippen molar-refractivity contribution in [1.82, 2.24) is 0 Å². The van der Waals surface area contributed by atoms with Gasteiger partial charge in [-0.15, -0.1) is 0 Å². The summed E-state index contributed by atoms with van der Waals surface area (Å²) in [7, 11) is 0. The number of hydrogen-bond acceptors (Lipinski definition) is 4. The Hall–Kier alpha value is -1.95. The molecule has 0 fully saturated rings. The van der Waals surface area contributed by atoms with Gasteiger partial charge in [-0.2, -0.15) is 0 Å². The van der Waals surface area contributed by atoms with Crippen LogP contribution in [0, 0.1) is 24.0 Å². The summed E-state index contributed by atoms with van der Waals surface area (Å²) < 4.78 is 0. The Morgan fingerprint density at radius 1 is 1.44 bits per heavy atom. The lowest BCUT2D eigenvalue weighted by Gasteiger charge is -2.08. The van der Waals surface area contributed by atoms with Gasteiger partial charge in [0.2, 0.25) is 5.91 Å². The smallest absolute Gasteiger partial charge is 0.274 e. The summed E-state index contributed by atoms with van der Waals surface area (Å²) in [6, 6.07) is 3.00. The van der Waals surface area contributed by atoms with E-state index in [0.717, 1.165) is 5.56 Å². The minimum Gasteiger partial charge on any atom is -0.324 e. The first kappa shape index (κ1) is 12.1. The minimum absolute atomic E-state index is 0.0158. The number of carbonyl (C=O) groups excluding carboxylic acids is 1. The van der Waals surface area contributed by atoms with Crippen molar-refractivity contribution < 1.29 is 9.72 Å². The van der Waals surface area contributed by atoms with Crippen LogP contribution < -0.4 is 11.1 Å². The van der Waals surface area contributed by atoms with E-state index in [0.29, 0.717) is 11.3 Å². The largest absolute Gasteiger partial charge is 0.324 e. The number of carbonyl (C=O) groups is 1. The summed E-state index contributed by atoms with van der Waals surface area (Å²) in [6.07, 6.45) is 0. The number of nitrogens with zero attached hydrogens (tertiary/aromatic N) is 1. The highest BCUT2D eigenvalue weighted by molar-refractivity contribution is 5.93. The summed E-state index contributed by atoms with van der Waals surface area (Å²) in [5, 5.41) is 13.2. The number of aryl methyl sites for hydroxylation is 2. The Bertz CT molecular complexity index is 443. The fourth-order valence-electron chi connectivity index (χ4n) is 1.37.